The van der Waals surface area contributed by atoms with Crippen molar-refractivity contribution in [3.05, 3.63) is 70.3 Å². The second-order valence-electron chi connectivity index (χ2n) is 8.53. The predicted molar refractivity (Wildman–Crippen MR) is 132 cm³/mol. The molecule has 0 aliphatic heterocycles. The predicted octanol–water partition coefficient (Wildman–Crippen LogP) is 5.75. The summed E-state index contributed by atoms with van der Waals surface area (Å²) < 4.78 is 0. The molecule has 0 aliphatic carbocycles. The van der Waals surface area contributed by atoms with Crippen LogP contribution in [-0.4, -0.2) is 13.1 Å². The Morgan fingerprint density at radius 1 is 1.20 bits per heavy atom. The number of nitrogens with two attached hydrogens (primary N) is 1. The van der Waals surface area contributed by atoms with Crippen LogP contribution in [0.3, 0.4) is 0 Å². The number of hydrogen-bond acceptors (Lipinski definition) is 3. The average molecular weight is 404 g/mol. The monoisotopic (exact) mass is 403 g/mol. The van der Waals surface area contributed by atoms with Gasteiger partial charge in [0.15, 0.2) is 0 Å². The van der Waals surface area contributed by atoms with Gasteiger partial charge in [0.05, 0.1) is 11.4 Å². The Labute approximate surface area is 183 Å². The molecule has 0 aliphatic rings. The molecule has 2 aromatic carbocycles. The molecular formula is C27H37N3. The van der Waals surface area contributed by atoms with Crippen molar-refractivity contribution in [1.82, 2.24) is 5.32 Å². The topological polar surface area (TPSA) is 50.1 Å². The molecule has 0 saturated heterocycles. The van der Waals surface area contributed by atoms with Gasteiger partial charge in [-0.1, -0.05) is 51.0 Å². The quantitative estimate of drug-likeness (QED) is 0.284. The van der Waals surface area contributed by atoms with Crippen LogP contribution in [0.4, 0.5) is 11.4 Å². The molecule has 0 spiro atoms. The van der Waals surface area contributed by atoms with Crippen molar-refractivity contribution < 1.29 is 0 Å². The SMILES string of the molecule is C#Cc1cc(C(c2ccc(C)c(CNCC)c2)C(C)(C)C=C)c(C)c(N)c1NCC. The highest BCUT2D eigenvalue weighted by molar-refractivity contribution is 5.79. The highest BCUT2D eigenvalue weighted by Gasteiger charge is 2.32. The van der Waals surface area contributed by atoms with E-state index in [2.05, 4.69) is 82.0 Å². The summed E-state index contributed by atoms with van der Waals surface area (Å²) in [6.07, 6.45) is 7.91. The van der Waals surface area contributed by atoms with Gasteiger partial charge in [-0.3, -0.25) is 0 Å². The summed E-state index contributed by atoms with van der Waals surface area (Å²) in [6, 6.07) is 8.88. The van der Waals surface area contributed by atoms with E-state index in [0.717, 1.165) is 47.7 Å². The zero-order valence-corrected chi connectivity index (χ0v) is 19.4. The van der Waals surface area contributed by atoms with E-state index >= 15 is 0 Å². The number of benzene rings is 2. The lowest BCUT2D eigenvalue weighted by molar-refractivity contribution is 0.416. The molecule has 30 heavy (non-hydrogen) atoms. The summed E-state index contributed by atoms with van der Waals surface area (Å²) in [5.41, 5.74) is 14.9. The molecule has 2 rings (SSSR count). The zero-order chi connectivity index (χ0) is 22.5. The van der Waals surface area contributed by atoms with Crippen LogP contribution in [-0.2, 0) is 6.54 Å². The van der Waals surface area contributed by atoms with Crippen molar-refractivity contribution in [2.75, 3.05) is 24.1 Å². The van der Waals surface area contributed by atoms with Gasteiger partial charge in [0, 0.05) is 24.6 Å². The maximum absolute atomic E-state index is 6.57. The van der Waals surface area contributed by atoms with Crippen LogP contribution in [0.15, 0.2) is 36.9 Å². The molecule has 0 radical (unpaired) electrons. The number of aryl methyl sites for hydroxylation is 1. The molecule has 160 valence electrons. The lowest BCUT2D eigenvalue weighted by Crippen LogP contribution is -2.23. The first-order valence-electron chi connectivity index (χ1n) is 10.8. The van der Waals surface area contributed by atoms with Crippen molar-refractivity contribution in [1.29, 1.82) is 0 Å². The Balaban J connectivity index is 2.76. The van der Waals surface area contributed by atoms with Crippen LogP contribution in [0.1, 0.15) is 67.0 Å². The number of rotatable bonds is 9. The van der Waals surface area contributed by atoms with E-state index in [9.17, 15) is 0 Å². The maximum atomic E-state index is 6.57. The molecule has 3 nitrogen and oxygen atoms in total. The summed E-state index contributed by atoms with van der Waals surface area (Å²) in [7, 11) is 0. The van der Waals surface area contributed by atoms with Crippen LogP contribution in [0.25, 0.3) is 0 Å². The Bertz CT molecular complexity index is 948. The summed E-state index contributed by atoms with van der Waals surface area (Å²) >= 11 is 0. The van der Waals surface area contributed by atoms with Gasteiger partial charge in [0.25, 0.3) is 0 Å². The standard InChI is InChI=1S/C27H37N3/c1-9-20-16-23(19(6)25(28)26(20)30-12-4)24(27(7,8)10-2)21-14-13-18(5)22(15-21)17-29-11-3/h1,10,13-16,24,29-30H,2,11-12,17,28H2,3-8H3. The second kappa shape index (κ2) is 9.87. The molecular weight excluding hydrogens is 366 g/mol. The third-order valence-electron chi connectivity index (χ3n) is 6.04. The maximum Gasteiger partial charge on any atom is 0.0735 e. The second-order valence-corrected chi connectivity index (χ2v) is 8.53. The van der Waals surface area contributed by atoms with E-state index in [-0.39, 0.29) is 11.3 Å². The number of hydrogen-bond donors (Lipinski definition) is 3. The summed E-state index contributed by atoms with van der Waals surface area (Å²) in [5, 5.41) is 6.79. The molecule has 1 atom stereocenters. The molecule has 0 aromatic heterocycles. The summed E-state index contributed by atoms with van der Waals surface area (Å²) in [4.78, 5) is 0. The molecule has 0 saturated carbocycles. The van der Waals surface area contributed by atoms with E-state index in [1.54, 1.807) is 0 Å². The smallest absolute Gasteiger partial charge is 0.0735 e. The molecule has 2 aromatic rings. The first-order valence-corrected chi connectivity index (χ1v) is 10.8. The Morgan fingerprint density at radius 2 is 1.90 bits per heavy atom. The third kappa shape index (κ3) is 4.71. The van der Waals surface area contributed by atoms with Crippen molar-refractivity contribution in [3.63, 3.8) is 0 Å². The number of terminal acetylenes is 1. The molecule has 1 unspecified atom stereocenters. The highest BCUT2D eigenvalue weighted by Crippen LogP contribution is 2.46. The van der Waals surface area contributed by atoms with Gasteiger partial charge in [-0.2, -0.15) is 0 Å². The fourth-order valence-electron chi connectivity index (χ4n) is 4.05. The minimum absolute atomic E-state index is 0.0843. The first-order chi connectivity index (χ1) is 14.2. The van der Waals surface area contributed by atoms with Crippen molar-refractivity contribution in [3.8, 4) is 12.3 Å². The van der Waals surface area contributed by atoms with Gasteiger partial charge in [0.1, 0.15) is 0 Å². The normalized spacial score (nSPS) is 12.3. The van der Waals surface area contributed by atoms with Crippen LogP contribution in [0.5, 0.6) is 0 Å². The molecule has 0 bridgehead atoms. The number of anilines is 2. The van der Waals surface area contributed by atoms with E-state index in [1.807, 2.05) is 13.0 Å². The van der Waals surface area contributed by atoms with Gasteiger partial charge in [0.2, 0.25) is 0 Å². The van der Waals surface area contributed by atoms with Crippen LogP contribution in [0, 0.1) is 31.6 Å². The lowest BCUT2D eigenvalue weighted by Gasteiger charge is -2.35. The van der Waals surface area contributed by atoms with Gasteiger partial charge < -0.3 is 16.4 Å². The van der Waals surface area contributed by atoms with Gasteiger partial charge in [-0.15, -0.1) is 13.0 Å². The Hall–Kier alpha value is -2.70. The zero-order valence-electron chi connectivity index (χ0n) is 19.4. The van der Waals surface area contributed by atoms with Crippen molar-refractivity contribution >= 4 is 11.4 Å². The van der Waals surface area contributed by atoms with Crippen molar-refractivity contribution in [2.45, 2.75) is 54.0 Å². The molecule has 0 amide bonds. The molecule has 0 heterocycles. The van der Waals surface area contributed by atoms with E-state index in [4.69, 9.17) is 12.2 Å². The Morgan fingerprint density at radius 3 is 2.47 bits per heavy atom. The number of allylic oxidation sites excluding steroid dienone is 1. The van der Waals surface area contributed by atoms with E-state index < -0.39 is 0 Å². The van der Waals surface area contributed by atoms with E-state index in [1.165, 1.54) is 16.7 Å². The van der Waals surface area contributed by atoms with Gasteiger partial charge in [-0.05, 0) is 66.6 Å². The minimum Gasteiger partial charge on any atom is -0.397 e. The third-order valence-corrected chi connectivity index (χ3v) is 6.04. The molecule has 3 heteroatoms. The molecule has 0 fully saturated rings. The minimum atomic E-state index is -0.187. The number of nitrogen functional groups attached to an aromatic ring is 1. The van der Waals surface area contributed by atoms with Crippen LogP contribution in [0.2, 0.25) is 0 Å². The van der Waals surface area contributed by atoms with Crippen LogP contribution >= 0.6 is 0 Å². The van der Waals surface area contributed by atoms with Gasteiger partial charge >= 0.3 is 0 Å². The van der Waals surface area contributed by atoms with Crippen LogP contribution < -0.4 is 16.4 Å². The van der Waals surface area contributed by atoms with E-state index in [0.29, 0.717) is 0 Å². The lowest BCUT2D eigenvalue weighted by atomic mass is 9.69. The van der Waals surface area contributed by atoms with Crippen molar-refractivity contribution in [2.24, 2.45) is 5.41 Å². The summed E-state index contributed by atoms with van der Waals surface area (Å²) in [5.74, 6) is 2.92. The van der Waals surface area contributed by atoms with Gasteiger partial charge in [-0.25, -0.2) is 0 Å². The Kier molecular flexibility index (Phi) is 7.76. The fourth-order valence-corrected chi connectivity index (χ4v) is 4.05. The summed E-state index contributed by atoms with van der Waals surface area (Å²) in [6.45, 7) is 19.6. The number of nitrogens with one attached hydrogen (secondary N) is 2. The fraction of sp³-hybridized carbons (Fsp3) is 0.407. The first kappa shape index (κ1) is 23.6. The molecule has 4 N–H and O–H groups in total. The highest BCUT2D eigenvalue weighted by atomic mass is 14.9. The largest absolute Gasteiger partial charge is 0.397 e. The average Bonchev–Trinajstić information content (AvgIpc) is 2.73.